The number of fused-ring (bicyclic) bond motifs is 3. The minimum atomic E-state index is -0.146. The monoisotopic (exact) mass is 170 g/mol. The third-order valence-electron chi connectivity index (χ3n) is 3.49. The summed E-state index contributed by atoms with van der Waals surface area (Å²) in [4.78, 5) is 0. The second-order valence-electron chi connectivity index (χ2n) is 5.07. The van der Waals surface area contributed by atoms with Crippen LogP contribution in [-0.4, -0.2) is 22.4 Å². The van der Waals surface area contributed by atoms with Crippen LogP contribution in [0.5, 0.6) is 0 Å². The highest BCUT2D eigenvalue weighted by Gasteiger charge is 2.52. The molecule has 2 heteroatoms. The molecule has 2 heterocycles. The summed E-state index contributed by atoms with van der Waals surface area (Å²) in [5, 5.41) is 9.82. The molecule has 1 saturated carbocycles. The number of aliphatic hydroxyl groups is 1. The predicted octanol–water partition coefficient (Wildman–Crippen LogP) is 1.71. The number of rotatable bonds is 0. The van der Waals surface area contributed by atoms with Gasteiger partial charge in [0.15, 0.2) is 0 Å². The Morgan fingerprint density at radius 2 is 2.00 bits per heavy atom. The molecule has 2 unspecified atom stereocenters. The van der Waals surface area contributed by atoms with E-state index in [0.717, 1.165) is 19.3 Å². The molecule has 3 aliphatic rings. The largest absolute Gasteiger partial charge is 0.393 e. The highest BCUT2D eigenvalue weighted by Crippen LogP contribution is 2.49. The van der Waals surface area contributed by atoms with Crippen LogP contribution in [0.25, 0.3) is 0 Å². The molecule has 0 aromatic heterocycles. The Kier molecular flexibility index (Phi) is 1.59. The van der Waals surface area contributed by atoms with Crippen molar-refractivity contribution < 1.29 is 9.84 Å². The molecule has 3 fully saturated rings. The lowest BCUT2D eigenvalue weighted by Gasteiger charge is -2.56. The predicted molar refractivity (Wildman–Crippen MR) is 46.9 cm³/mol. The van der Waals surface area contributed by atoms with Gasteiger partial charge in [0.2, 0.25) is 0 Å². The van der Waals surface area contributed by atoms with E-state index < -0.39 is 0 Å². The van der Waals surface area contributed by atoms with Gasteiger partial charge in [-0.05, 0) is 33.6 Å². The lowest BCUT2D eigenvalue weighted by molar-refractivity contribution is -0.263. The fourth-order valence-electron chi connectivity index (χ4n) is 2.95. The molecule has 0 spiro atoms. The fourth-order valence-corrected chi connectivity index (χ4v) is 2.95. The van der Waals surface area contributed by atoms with E-state index in [9.17, 15) is 5.11 Å². The minimum absolute atomic E-state index is 0.0579. The molecular weight excluding hydrogens is 152 g/mol. The van der Waals surface area contributed by atoms with Gasteiger partial charge in [-0.1, -0.05) is 0 Å². The third kappa shape index (κ3) is 1.09. The van der Waals surface area contributed by atoms with Crippen molar-refractivity contribution in [2.45, 2.75) is 57.3 Å². The van der Waals surface area contributed by atoms with Gasteiger partial charge in [0.25, 0.3) is 0 Å². The Hall–Kier alpha value is -0.0800. The van der Waals surface area contributed by atoms with E-state index in [4.69, 9.17) is 4.74 Å². The third-order valence-corrected chi connectivity index (χ3v) is 3.49. The van der Waals surface area contributed by atoms with E-state index in [-0.39, 0.29) is 17.3 Å². The van der Waals surface area contributed by atoms with Crippen LogP contribution in [0.1, 0.15) is 40.0 Å². The normalized spacial score (nSPS) is 51.0. The van der Waals surface area contributed by atoms with Gasteiger partial charge in [0.1, 0.15) is 0 Å². The molecule has 1 N–H and O–H groups in total. The van der Waals surface area contributed by atoms with E-state index in [2.05, 4.69) is 20.8 Å². The smallest absolute Gasteiger partial charge is 0.0686 e. The summed E-state index contributed by atoms with van der Waals surface area (Å²) in [6.07, 6.45) is 2.90. The van der Waals surface area contributed by atoms with Gasteiger partial charge in [-0.25, -0.2) is 0 Å². The highest BCUT2D eigenvalue weighted by molar-refractivity contribution is 5.02. The Morgan fingerprint density at radius 1 is 1.33 bits per heavy atom. The van der Waals surface area contributed by atoms with Crippen LogP contribution in [0.4, 0.5) is 0 Å². The molecular formula is C10H18O2. The summed E-state index contributed by atoms with van der Waals surface area (Å²) in [6.45, 7) is 6.31. The molecule has 3 atom stereocenters. The Balaban J connectivity index is 2.28. The van der Waals surface area contributed by atoms with E-state index in [1.165, 1.54) is 0 Å². The maximum absolute atomic E-state index is 9.82. The van der Waals surface area contributed by atoms with Crippen molar-refractivity contribution in [1.29, 1.82) is 0 Å². The molecule has 70 valence electrons. The molecule has 2 aliphatic heterocycles. The molecule has 12 heavy (non-hydrogen) atoms. The summed E-state index contributed by atoms with van der Waals surface area (Å²) in [5.41, 5.74) is -0.178. The maximum atomic E-state index is 9.82. The lowest BCUT2D eigenvalue weighted by Crippen LogP contribution is -2.59. The van der Waals surface area contributed by atoms with Crippen molar-refractivity contribution in [2.75, 3.05) is 0 Å². The summed E-state index contributed by atoms with van der Waals surface area (Å²) >= 11 is 0. The van der Waals surface area contributed by atoms with Gasteiger partial charge in [0.05, 0.1) is 17.3 Å². The number of hydrogen-bond acceptors (Lipinski definition) is 2. The minimum Gasteiger partial charge on any atom is -0.393 e. The van der Waals surface area contributed by atoms with E-state index in [1.54, 1.807) is 0 Å². The molecule has 2 bridgehead atoms. The van der Waals surface area contributed by atoms with Gasteiger partial charge in [-0.2, -0.15) is 0 Å². The van der Waals surface area contributed by atoms with Crippen molar-refractivity contribution in [1.82, 2.24) is 0 Å². The van der Waals surface area contributed by atoms with Crippen molar-refractivity contribution in [3.05, 3.63) is 0 Å². The first-order chi connectivity index (χ1) is 5.43. The summed E-state index contributed by atoms with van der Waals surface area (Å²) in [7, 11) is 0. The quantitative estimate of drug-likeness (QED) is 0.599. The highest BCUT2D eigenvalue weighted by atomic mass is 16.5. The van der Waals surface area contributed by atoms with Gasteiger partial charge in [-0.3, -0.25) is 0 Å². The average molecular weight is 170 g/mol. The first-order valence-electron chi connectivity index (χ1n) is 4.81. The van der Waals surface area contributed by atoms with Crippen LogP contribution >= 0.6 is 0 Å². The molecule has 0 radical (unpaired) electrons. The zero-order valence-corrected chi connectivity index (χ0v) is 8.13. The van der Waals surface area contributed by atoms with Crippen molar-refractivity contribution >= 4 is 0 Å². The topological polar surface area (TPSA) is 29.5 Å². The zero-order valence-electron chi connectivity index (χ0n) is 8.13. The molecule has 0 aromatic carbocycles. The first kappa shape index (κ1) is 8.52. The summed E-state index contributed by atoms with van der Waals surface area (Å²) < 4.78 is 5.97. The number of aliphatic hydroxyl groups excluding tert-OH is 1. The average Bonchev–Trinajstić information content (AvgIpc) is 1.80. The van der Waals surface area contributed by atoms with Crippen LogP contribution in [0.2, 0.25) is 0 Å². The number of ether oxygens (including phenoxy) is 1. The number of hydrogen-bond donors (Lipinski definition) is 1. The van der Waals surface area contributed by atoms with Crippen LogP contribution < -0.4 is 0 Å². The van der Waals surface area contributed by atoms with Gasteiger partial charge in [-0.15, -0.1) is 0 Å². The molecule has 3 rings (SSSR count). The van der Waals surface area contributed by atoms with E-state index in [0.29, 0.717) is 5.92 Å². The van der Waals surface area contributed by atoms with Crippen LogP contribution in [0.15, 0.2) is 0 Å². The van der Waals surface area contributed by atoms with Crippen LogP contribution in [0, 0.1) is 5.92 Å². The molecule has 0 amide bonds. The van der Waals surface area contributed by atoms with Crippen molar-refractivity contribution in [2.24, 2.45) is 5.92 Å². The molecule has 0 aromatic rings. The molecule has 2 nitrogen and oxygen atoms in total. The Labute approximate surface area is 73.9 Å². The van der Waals surface area contributed by atoms with Gasteiger partial charge in [0, 0.05) is 12.3 Å². The lowest BCUT2D eigenvalue weighted by atomic mass is 9.67. The summed E-state index contributed by atoms with van der Waals surface area (Å²) in [6, 6.07) is 0. The van der Waals surface area contributed by atoms with Crippen molar-refractivity contribution in [3.8, 4) is 0 Å². The standard InChI is InChI=1S/C10H18O2/c1-9(2)7-4-5-10(3,12-9)6-8(7)11/h7-8,11H,4-6H2,1-3H3/t7?,8-,10?/m1/s1. The molecule has 1 aliphatic carbocycles. The second kappa shape index (κ2) is 2.24. The van der Waals surface area contributed by atoms with Crippen LogP contribution in [0.3, 0.4) is 0 Å². The fraction of sp³-hybridized carbons (Fsp3) is 1.00. The summed E-state index contributed by atoms with van der Waals surface area (Å²) in [5.74, 6) is 0.347. The zero-order chi connectivity index (χ0) is 8.98. The Bertz CT molecular complexity index is 197. The van der Waals surface area contributed by atoms with E-state index in [1.807, 2.05) is 0 Å². The SMILES string of the molecule is CC12CCC([C@H](O)C1)C(C)(C)O2. The van der Waals surface area contributed by atoms with E-state index >= 15 is 0 Å². The van der Waals surface area contributed by atoms with Crippen LogP contribution in [-0.2, 0) is 4.74 Å². The first-order valence-corrected chi connectivity index (χ1v) is 4.81. The van der Waals surface area contributed by atoms with Crippen molar-refractivity contribution in [3.63, 3.8) is 0 Å². The van der Waals surface area contributed by atoms with Gasteiger partial charge < -0.3 is 9.84 Å². The van der Waals surface area contributed by atoms with Gasteiger partial charge >= 0.3 is 0 Å². The Morgan fingerprint density at radius 3 is 2.42 bits per heavy atom. The second-order valence-corrected chi connectivity index (χ2v) is 5.07. The molecule has 2 saturated heterocycles. The maximum Gasteiger partial charge on any atom is 0.0686 e.